The van der Waals surface area contributed by atoms with E-state index in [-0.39, 0.29) is 0 Å². The molecule has 0 bridgehead atoms. The van der Waals surface area contributed by atoms with Gasteiger partial charge in [0.2, 0.25) is 0 Å². The molecule has 1 aromatic carbocycles. The van der Waals surface area contributed by atoms with E-state index in [1.54, 1.807) is 0 Å². The fourth-order valence-corrected chi connectivity index (χ4v) is 2.69. The van der Waals surface area contributed by atoms with E-state index in [0.717, 1.165) is 26.2 Å². The minimum absolute atomic E-state index is 0.305. The van der Waals surface area contributed by atoms with Gasteiger partial charge in [-0.3, -0.25) is 0 Å². The summed E-state index contributed by atoms with van der Waals surface area (Å²) in [6.45, 7) is 11.5. The van der Waals surface area contributed by atoms with Crippen LogP contribution in [0.5, 0.6) is 0 Å². The molecule has 0 fully saturated rings. The minimum atomic E-state index is 0.305. The molecule has 0 saturated carbocycles. The molecular weight excluding hydrogens is 258 g/mol. The lowest BCUT2D eigenvalue weighted by Crippen LogP contribution is -2.26. The molecule has 2 heteroatoms. The van der Waals surface area contributed by atoms with Gasteiger partial charge >= 0.3 is 0 Å². The predicted octanol–water partition coefficient (Wildman–Crippen LogP) is 4.74. The molecule has 2 nitrogen and oxygen atoms in total. The summed E-state index contributed by atoms with van der Waals surface area (Å²) in [5.41, 5.74) is 2.76. The van der Waals surface area contributed by atoms with Crippen molar-refractivity contribution in [2.24, 2.45) is 5.92 Å². The summed E-state index contributed by atoms with van der Waals surface area (Å²) in [7, 11) is 0. The highest BCUT2D eigenvalue weighted by Crippen LogP contribution is 2.16. The average molecular weight is 291 g/mol. The number of hydrogen-bond acceptors (Lipinski definition) is 2. The lowest BCUT2D eigenvalue weighted by atomic mass is 10.0. The Bertz CT molecular complexity index is 360. The molecule has 0 radical (unpaired) electrons. The quantitative estimate of drug-likeness (QED) is 0.635. The first-order valence-electron chi connectivity index (χ1n) is 8.61. The van der Waals surface area contributed by atoms with Gasteiger partial charge in [0.15, 0.2) is 0 Å². The lowest BCUT2D eigenvalue weighted by molar-refractivity contribution is 0.0836. The molecule has 2 unspecified atom stereocenters. The summed E-state index contributed by atoms with van der Waals surface area (Å²) in [4.78, 5) is 0. The first-order valence-corrected chi connectivity index (χ1v) is 8.61. The van der Waals surface area contributed by atoms with E-state index in [0.29, 0.717) is 12.0 Å². The fraction of sp³-hybridized carbons (Fsp3) is 0.684. The Kier molecular flexibility index (Phi) is 9.36. The van der Waals surface area contributed by atoms with Crippen molar-refractivity contribution in [1.29, 1.82) is 0 Å². The standard InChI is InChI=1S/C19H33NO/c1-5-8-16(4)14-21-15-19(20-7-3)18-12-10-17(9-6-2)11-13-18/h10-13,16,19-20H,5-9,14-15H2,1-4H3. The second kappa shape index (κ2) is 10.8. The van der Waals surface area contributed by atoms with Gasteiger partial charge in [0.1, 0.15) is 0 Å². The molecule has 0 aliphatic rings. The van der Waals surface area contributed by atoms with Gasteiger partial charge in [0, 0.05) is 6.61 Å². The Balaban J connectivity index is 2.51. The number of rotatable bonds is 11. The molecule has 0 spiro atoms. The number of benzene rings is 1. The molecule has 1 rings (SSSR count). The van der Waals surface area contributed by atoms with Crippen molar-refractivity contribution in [3.8, 4) is 0 Å². The summed E-state index contributed by atoms with van der Waals surface area (Å²) in [5.74, 6) is 0.657. The Labute approximate surface area is 131 Å². The fourth-order valence-electron chi connectivity index (χ4n) is 2.69. The van der Waals surface area contributed by atoms with Crippen LogP contribution in [0.3, 0.4) is 0 Å². The van der Waals surface area contributed by atoms with Gasteiger partial charge in [-0.1, -0.05) is 64.8 Å². The van der Waals surface area contributed by atoms with Crippen LogP contribution >= 0.6 is 0 Å². The molecule has 1 aromatic rings. The van der Waals surface area contributed by atoms with Crippen molar-refractivity contribution in [3.63, 3.8) is 0 Å². The Morgan fingerprint density at radius 1 is 1.00 bits per heavy atom. The third kappa shape index (κ3) is 7.10. The van der Waals surface area contributed by atoms with E-state index in [4.69, 9.17) is 4.74 Å². The van der Waals surface area contributed by atoms with E-state index in [9.17, 15) is 0 Å². The largest absolute Gasteiger partial charge is 0.379 e. The van der Waals surface area contributed by atoms with Crippen molar-refractivity contribution < 1.29 is 4.74 Å². The Morgan fingerprint density at radius 3 is 2.29 bits per heavy atom. The van der Waals surface area contributed by atoms with Gasteiger partial charge in [0.05, 0.1) is 12.6 Å². The molecule has 0 aliphatic carbocycles. The topological polar surface area (TPSA) is 21.3 Å². The zero-order valence-corrected chi connectivity index (χ0v) is 14.3. The summed E-state index contributed by atoms with van der Waals surface area (Å²) in [6.07, 6.45) is 4.85. The van der Waals surface area contributed by atoms with Crippen molar-refractivity contribution in [2.45, 2.75) is 59.4 Å². The maximum atomic E-state index is 5.93. The van der Waals surface area contributed by atoms with E-state index in [2.05, 4.69) is 57.3 Å². The number of ether oxygens (including phenoxy) is 1. The van der Waals surface area contributed by atoms with Crippen LogP contribution in [0.1, 0.15) is 64.1 Å². The van der Waals surface area contributed by atoms with Crippen molar-refractivity contribution in [1.82, 2.24) is 5.32 Å². The SMILES string of the molecule is CCCc1ccc(C(COCC(C)CCC)NCC)cc1. The smallest absolute Gasteiger partial charge is 0.0661 e. The first-order chi connectivity index (χ1) is 10.2. The highest BCUT2D eigenvalue weighted by molar-refractivity contribution is 5.25. The molecule has 1 N–H and O–H groups in total. The van der Waals surface area contributed by atoms with Crippen LogP contribution in [0.4, 0.5) is 0 Å². The first kappa shape index (κ1) is 18.2. The third-order valence-corrected chi connectivity index (χ3v) is 3.84. The molecule has 21 heavy (non-hydrogen) atoms. The Morgan fingerprint density at radius 2 is 1.71 bits per heavy atom. The summed E-state index contributed by atoms with van der Waals surface area (Å²) >= 11 is 0. The number of hydrogen-bond donors (Lipinski definition) is 1. The highest BCUT2D eigenvalue weighted by atomic mass is 16.5. The summed E-state index contributed by atoms with van der Waals surface area (Å²) < 4.78 is 5.93. The maximum absolute atomic E-state index is 5.93. The minimum Gasteiger partial charge on any atom is -0.379 e. The molecule has 0 aliphatic heterocycles. The van der Waals surface area contributed by atoms with Gasteiger partial charge in [-0.15, -0.1) is 0 Å². The second-order valence-corrected chi connectivity index (χ2v) is 6.03. The van der Waals surface area contributed by atoms with Crippen LogP contribution in [-0.2, 0) is 11.2 Å². The van der Waals surface area contributed by atoms with Gasteiger partial charge in [0.25, 0.3) is 0 Å². The molecule has 120 valence electrons. The van der Waals surface area contributed by atoms with Crippen LogP contribution in [-0.4, -0.2) is 19.8 Å². The molecule has 0 aromatic heterocycles. The number of likely N-dealkylation sites (N-methyl/N-ethyl adjacent to an activating group) is 1. The van der Waals surface area contributed by atoms with Crippen LogP contribution in [0.15, 0.2) is 24.3 Å². The number of nitrogens with one attached hydrogen (secondary N) is 1. The van der Waals surface area contributed by atoms with Crippen molar-refractivity contribution >= 4 is 0 Å². The van der Waals surface area contributed by atoms with E-state index in [1.807, 2.05) is 0 Å². The zero-order valence-electron chi connectivity index (χ0n) is 14.3. The molecule has 0 amide bonds. The molecule has 0 saturated heterocycles. The highest BCUT2D eigenvalue weighted by Gasteiger charge is 2.11. The van der Waals surface area contributed by atoms with Crippen LogP contribution < -0.4 is 5.32 Å². The van der Waals surface area contributed by atoms with Gasteiger partial charge < -0.3 is 10.1 Å². The monoisotopic (exact) mass is 291 g/mol. The van der Waals surface area contributed by atoms with Crippen LogP contribution in [0.2, 0.25) is 0 Å². The molecular formula is C19H33NO. The number of aryl methyl sites for hydroxylation is 1. The maximum Gasteiger partial charge on any atom is 0.0661 e. The summed E-state index contributed by atoms with van der Waals surface area (Å²) in [5, 5.41) is 3.53. The molecule has 2 atom stereocenters. The van der Waals surface area contributed by atoms with Gasteiger partial charge in [-0.2, -0.15) is 0 Å². The lowest BCUT2D eigenvalue weighted by Gasteiger charge is -2.20. The van der Waals surface area contributed by atoms with Crippen LogP contribution in [0, 0.1) is 5.92 Å². The van der Waals surface area contributed by atoms with Crippen LogP contribution in [0.25, 0.3) is 0 Å². The summed E-state index contributed by atoms with van der Waals surface area (Å²) in [6, 6.07) is 9.31. The van der Waals surface area contributed by atoms with Gasteiger partial charge in [-0.25, -0.2) is 0 Å². The van der Waals surface area contributed by atoms with Crippen molar-refractivity contribution in [3.05, 3.63) is 35.4 Å². The predicted molar refractivity (Wildman–Crippen MR) is 91.7 cm³/mol. The van der Waals surface area contributed by atoms with Gasteiger partial charge in [-0.05, 0) is 36.4 Å². The third-order valence-electron chi connectivity index (χ3n) is 3.84. The molecule has 0 heterocycles. The average Bonchev–Trinajstić information content (AvgIpc) is 2.48. The van der Waals surface area contributed by atoms with Crippen molar-refractivity contribution in [2.75, 3.05) is 19.8 Å². The normalized spacial score (nSPS) is 14.1. The van der Waals surface area contributed by atoms with E-state index in [1.165, 1.54) is 30.4 Å². The Hall–Kier alpha value is -0.860. The second-order valence-electron chi connectivity index (χ2n) is 6.03. The zero-order chi connectivity index (χ0) is 15.5. The van der Waals surface area contributed by atoms with E-state index < -0.39 is 0 Å². The van der Waals surface area contributed by atoms with E-state index >= 15 is 0 Å².